The Labute approximate surface area is 76.2 Å². The number of aromatic nitrogens is 2. The second kappa shape index (κ2) is 2.71. The fourth-order valence-electron chi connectivity index (χ4n) is 1.69. The van der Waals surface area contributed by atoms with Crippen LogP contribution in [0, 0.1) is 4.77 Å². The van der Waals surface area contributed by atoms with E-state index in [1.54, 1.807) is 0 Å². The summed E-state index contributed by atoms with van der Waals surface area (Å²) in [4.78, 5) is 6.24. The van der Waals surface area contributed by atoms with E-state index in [1.165, 1.54) is 5.69 Å². The molecule has 1 aromatic heterocycles. The Bertz CT molecular complexity index is 341. The van der Waals surface area contributed by atoms with E-state index in [4.69, 9.17) is 17.0 Å². The molecule has 2 heterocycles. The molecule has 0 radical (unpaired) electrons. The van der Waals surface area contributed by atoms with Crippen molar-refractivity contribution in [1.82, 2.24) is 9.97 Å². The molecule has 0 saturated carbocycles. The molecule has 1 aliphatic heterocycles. The first kappa shape index (κ1) is 8.01. The van der Waals surface area contributed by atoms with Gasteiger partial charge in [-0.1, -0.05) is 0 Å². The molecule has 0 aliphatic carbocycles. The van der Waals surface area contributed by atoms with Crippen LogP contribution in [0.15, 0.2) is 0 Å². The van der Waals surface area contributed by atoms with Crippen LogP contribution < -0.4 is 0 Å². The molecular formula is C8H12N2OS. The topological polar surface area (TPSA) is 40.8 Å². The molecule has 0 fully saturated rings. The van der Waals surface area contributed by atoms with Crippen molar-refractivity contribution in [2.45, 2.75) is 32.5 Å². The van der Waals surface area contributed by atoms with E-state index in [2.05, 4.69) is 16.9 Å². The van der Waals surface area contributed by atoms with Crippen LogP contribution >= 0.6 is 12.2 Å². The average molecular weight is 184 g/mol. The lowest BCUT2D eigenvalue weighted by Crippen LogP contribution is -2.21. The van der Waals surface area contributed by atoms with Crippen molar-refractivity contribution in [2.24, 2.45) is 0 Å². The third-order valence-corrected chi connectivity index (χ3v) is 2.38. The second-order valence-electron chi connectivity index (χ2n) is 3.26. The summed E-state index contributed by atoms with van der Waals surface area (Å²) in [7, 11) is 0. The molecule has 4 heteroatoms. The van der Waals surface area contributed by atoms with Gasteiger partial charge in [0.05, 0.1) is 17.9 Å². The zero-order chi connectivity index (χ0) is 8.72. The molecule has 1 aliphatic rings. The van der Waals surface area contributed by atoms with Crippen LogP contribution in [0.4, 0.5) is 0 Å². The highest BCUT2D eigenvalue weighted by atomic mass is 32.1. The molecular weight excluding hydrogens is 172 g/mol. The highest BCUT2D eigenvalue weighted by Crippen LogP contribution is 2.26. The monoisotopic (exact) mass is 184 g/mol. The van der Waals surface area contributed by atoms with Crippen LogP contribution in [0.5, 0.6) is 0 Å². The summed E-state index contributed by atoms with van der Waals surface area (Å²) in [6.07, 6.45) is 1.35. The van der Waals surface area contributed by atoms with Crippen molar-refractivity contribution in [2.75, 3.05) is 0 Å². The first-order valence-corrected chi connectivity index (χ1v) is 4.54. The van der Waals surface area contributed by atoms with Gasteiger partial charge in [-0.2, -0.15) is 0 Å². The standard InChI is InChI=1S/C8H12N2OS/c1-4-3-6-7(5(2)11-4)10-8(12)9-6/h4-5H,3H2,1-2H3,(H2,9,10,12). The van der Waals surface area contributed by atoms with Crippen molar-refractivity contribution < 1.29 is 4.74 Å². The lowest BCUT2D eigenvalue weighted by atomic mass is 10.1. The lowest BCUT2D eigenvalue weighted by molar-refractivity contribution is -0.00756. The molecule has 66 valence electrons. The Morgan fingerprint density at radius 3 is 2.92 bits per heavy atom. The fraction of sp³-hybridized carbons (Fsp3) is 0.625. The maximum Gasteiger partial charge on any atom is 0.174 e. The van der Waals surface area contributed by atoms with Crippen LogP contribution in [0.25, 0.3) is 0 Å². The molecule has 0 amide bonds. The molecule has 0 saturated heterocycles. The van der Waals surface area contributed by atoms with Gasteiger partial charge < -0.3 is 14.7 Å². The van der Waals surface area contributed by atoms with Gasteiger partial charge in [0.1, 0.15) is 0 Å². The normalized spacial score (nSPS) is 28.5. The van der Waals surface area contributed by atoms with Crippen molar-refractivity contribution in [3.8, 4) is 0 Å². The number of fused-ring (bicyclic) bond motifs is 1. The van der Waals surface area contributed by atoms with Crippen LogP contribution in [0.3, 0.4) is 0 Å². The maximum absolute atomic E-state index is 5.63. The van der Waals surface area contributed by atoms with Crippen molar-refractivity contribution in [1.29, 1.82) is 0 Å². The smallest absolute Gasteiger partial charge is 0.174 e. The number of rotatable bonds is 0. The molecule has 2 N–H and O–H groups in total. The quantitative estimate of drug-likeness (QED) is 0.606. The molecule has 3 nitrogen and oxygen atoms in total. The minimum Gasteiger partial charge on any atom is -0.369 e. The third kappa shape index (κ3) is 1.21. The summed E-state index contributed by atoms with van der Waals surface area (Å²) in [5, 5.41) is 0. The summed E-state index contributed by atoms with van der Waals surface area (Å²) < 4.78 is 6.33. The van der Waals surface area contributed by atoms with E-state index in [1.807, 2.05) is 6.92 Å². The largest absolute Gasteiger partial charge is 0.369 e. The summed E-state index contributed by atoms with van der Waals surface area (Å²) >= 11 is 5.01. The second-order valence-corrected chi connectivity index (χ2v) is 3.67. The van der Waals surface area contributed by atoms with Crippen molar-refractivity contribution in [3.05, 3.63) is 16.2 Å². The minimum absolute atomic E-state index is 0.136. The van der Waals surface area contributed by atoms with Gasteiger partial charge in [0, 0.05) is 12.1 Å². The lowest BCUT2D eigenvalue weighted by Gasteiger charge is -2.24. The van der Waals surface area contributed by atoms with E-state index in [0.717, 1.165) is 12.1 Å². The molecule has 2 rings (SSSR count). The molecule has 12 heavy (non-hydrogen) atoms. The Morgan fingerprint density at radius 1 is 1.42 bits per heavy atom. The minimum atomic E-state index is 0.136. The van der Waals surface area contributed by atoms with Gasteiger partial charge in [-0.25, -0.2) is 0 Å². The van der Waals surface area contributed by atoms with Crippen LogP contribution in [0.1, 0.15) is 31.3 Å². The van der Waals surface area contributed by atoms with E-state index >= 15 is 0 Å². The van der Waals surface area contributed by atoms with Crippen LogP contribution in [-0.4, -0.2) is 16.1 Å². The summed E-state index contributed by atoms with van der Waals surface area (Å²) in [6, 6.07) is 0. The third-order valence-electron chi connectivity index (χ3n) is 2.17. The van der Waals surface area contributed by atoms with E-state index < -0.39 is 0 Å². The number of ether oxygens (including phenoxy) is 1. The van der Waals surface area contributed by atoms with Crippen LogP contribution in [0.2, 0.25) is 0 Å². The molecule has 1 aromatic rings. The number of hydrogen-bond acceptors (Lipinski definition) is 2. The first-order valence-electron chi connectivity index (χ1n) is 4.13. The Kier molecular flexibility index (Phi) is 1.81. The number of aromatic amines is 2. The van der Waals surface area contributed by atoms with Gasteiger partial charge in [-0.05, 0) is 26.1 Å². The summed E-state index contributed by atoms with van der Waals surface area (Å²) in [5.74, 6) is 0. The molecule has 0 bridgehead atoms. The van der Waals surface area contributed by atoms with Gasteiger partial charge in [-0.15, -0.1) is 0 Å². The van der Waals surface area contributed by atoms with E-state index in [0.29, 0.717) is 4.77 Å². The van der Waals surface area contributed by atoms with Gasteiger partial charge >= 0.3 is 0 Å². The number of nitrogens with one attached hydrogen (secondary N) is 2. The Balaban J connectivity index is 2.46. The zero-order valence-corrected chi connectivity index (χ0v) is 7.99. The van der Waals surface area contributed by atoms with Crippen LogP contribution in [-0.2, 0) is 11.2 Å². The first-order chi connectivity index (χ1) is 5.66. The fourth-order valence-corrected chi connectivity index (χ4v) is 1.93. The van der Waals surface area contributed by atoms with Gasteiger partial charge in [0.2, 0.25) is 0 Å². The van der Waals surface area contributed by atoms with Gasteiger partial charge in [0.25, 0.3) is 0 Å². The van der Waals surface area contributed by atoms with Crippen molar-refractivity contribution >= 4 is 12.2 Å². The van der Waals surface area contributed by atoms with E-state index in [9.17, 15) is 0 Å². The molecule has 0 aromatic carbocycles. The predicted molar refractivity (Wildman–Crippen MR) is 48.6 cm³/mol. The summed E-state index contributed by atoms with van der Waals surface area (Å²) in [6.45, 7) is 4.11. The summed E-state index contributed by atoms with van der Waals surface area (Å²) in [5.41, 5.74) is 2.31. The Morgan fingerprint density at radius 2 is 2.17 bits per heavy atom. The van der Waals surface area contributed by atoms with Gasteiger partial charge in [0.15, 0.2) is 4.77 Å². The molecule has 0 spiro atoms. The zero-order valence-electron chi connectivity index (χ0n) is 7.18. The SMILES string of the molecule is CC1Cc2[nH]c(=S)[nH]c2C(C)O1. The number of hydrogen-bond donors (Lipinski definition) is 2. The number of H-pyrrole nitrogens is 2. The Hall–Kier alpha value is -0.610. The number of imidazole rings is 1. The average Bonchev–Trinajstić information content (AvgIpc) is 2.29. The molecule has 2 atom stereocenters. The van der Waals surface area contributed by atoms with E-state index in [-0.39, 0.29) is 12.2 Å². The maximum atomic E-state index is 5.63. The highest BCUT2D eigenvalue weighted by Gasteiger charge is 2.23. The molecule has 2 unspecified atom stereocenters. The highest BCUT2D eigenvalue weighted by molar-refractivity contribution is 7.71. The predicted octanol–water partition coefficient (Wildman–Crippen LogP) is 2.09. The van der Waals surface area contributed by atoms with Gasteiger partial charge in [-0.3, -0.25) is 0 Å². The van der Waals surface area contributed by atoms with Crippen molar-refractivity contribution in [3.63, 3.8) is 0 Å².